The van der Waals surface area contributed by atoms with Gasteiger partial charge in [-0.1, -0.05) is 11.6 Å². The van der Waals surface area contributed by atoms with Crippen molar-refractivity contribution in [1.29, 1.82) is 0 Å². The van der Waals surface area contributed by atoms with E-state index in [0.29, 0.717) is 0 Å². The van der Waals surface area contributed by atoms with Gasteiger partial charge in [0.1, 0.15) is 12.0 Å². The first kappa shape index (κ1) is 13.4. The molecule has 4 heteroatoms. The van der Waals surface area contributed by atoms with Crippen molar-refractivity contribution in [3.63, 3.8) is 0 Å². The Morgan fingerprint density at radius 1 is 1.56 bits per heavy atom. The van der Waals surface area contributed by atoms with Crippen molar-refractivity contribution >= 4 is 17.9 Å². The molecule has 2 rings (SSSR count). The molecule has 1 fully saturated rings. The summed E-state index contributed by atoms with van der Waals surface area (Å²) in [5.74, 6) is 1.02. The maximum atomic E-state index is 10.9. The first-order valence-electron chi connectivity index (χ1n) is 6.23. The minimum Gasteiger partial charge on any atom is -0.496 e. The van der Waals surface area contributed by atoms with Crippen molar-refractivity contribution in [2.45, 2.75) is 19.4 Å². The molecule has 18 heavy (non-hydrogen) atoms. The van der Waals surface area contributed by atoms with Gasteiger partial charge in [-0.25, -0.2) is 0 Å². The fourth-order valence-corrected chi connectivity index (χ4v) is 2.65. The van der Waals surface area contributed by atoms with Crippen LogP contribution in [0.4, 0.5) is 0 Å². The van der Waals surface area contributed by atoms with Gasteiger partial charge in [-0.15, -0.1) is 0 Å². The number of hydrogen-bond donors (Lipinski definition) is 0. The number of rotatable bonds is 4. The van der Waals surface area contributed by atoms with Crippen molar-refractivity contribution in [3.05, 3.63) is 28.8 Å². The molecular weight excluding hydrogens is 250 g/mol. The lowest BCUT2D eigenvalue weighted by Crippen LogP contribution is -2.35. The van der Waals surface area contributed by atoms with Crippen LogP contribution in [0.2, 0.25) is 5.02 Å². The molecule has 1 atom stereocenters. The highest BCUT2D eigenvalue weighted by molar-refractivity contribution is 6.30. The highest BCUT2D eigenvalue weighted by Gasteiger charge is 2.20. The van der Waals surface area contributed by atoms with Crippen LogP contribution in [0.25, 0.3) is 0 Å². The number of methoxy groups -OCH3 is 1. The van der Waals surface area contributed by atoms with E-state index >= 15 is 0 Å². The summed E-state index contributed by atoms with van der Waals surface area (Å²) in [6.07, 6.45) is 3.15. The minimum absolute atomic E-state index is 0.170. The molecule has 1 heterocycles. The second-order valence-electron chi connectivity index (χ2n) is 4.73. The second-order valence-corrected chi connectivity index (χ2v) is 5.17. The molecule has 3 nitrogen and oxygen atoms in total. The average molecular weight is 268 g/mol. The van der Waals surface area contributed by atoms with Crippen LogP contribution in [0.1, 0.15) is 18.4 Å². The highest BCUT2D eigenvalue weighted by Crippen LogP contribution is 2.25. The zero-order chi connectivity index (χ0) is 13.0. The zero-order valence-electron chi connectivity index (χ0n) is 10.6. The molecule has 1 aliphatic rings. The molecule has 1 unspecified atom stereocenters. The number of nitrogens with zero attached hydrogens (tertiary/aromatic N) is 1. The van der Waals surface area contributed by atoms with Gasteiger partial charge in [0.2, 0.25) is 0 Å². The summed E-state index contributed by atoms with van der Waals surface area (Å²) in [5.41, 5.74) is 1.08. The van der Waals surface area contributed by atoms with Crippen LogP contribution in [0.5, 0.6) is 5.75 Å². The summed E-state index contributed by atoms with van der Waals surface area (Å²) >= 11 is 6.02. The van der Waals surface area contributed by atoms with Crippen LogP contribution in [0.15, 0.2) is 18.2 Å². The number of carbonyl (C=O) groups is 1. The van der Waals surface area contributed by atoms with E-state index in [1.54, 1.807) is 7.11 Å². The summed E-state index contributed by atoms with van der Waals surface area (Å²) in [6, 6.07) is 5.65. The van der Waals surface area contributed by atoms with Crippen LogP contribution >= 0.6 is 11.6 Å². The Kier molecular flexibility index (Phi) is 4.61. The second kappa shape index (κ2) is 6.21. The Balaban J connectivity index is 2.08. The third-order valence-electron chi connectivity index (χ3n) is 3.37. The summed E-state index contributed by atoms with van der Waals surface area (Å²) in [7, 11) is 1.66. The molecule has 0 amide bonds. The van der Waals surface area contributed by atoms with E-state index in [4.69, 9.17) is 16.3 Å². The van der Waals surface area contributed by atoms with Crippen LogP contribution < -0.4 is 4.74 Å². The molecule has 0 N–H and O–H groups in total. The number of ether oxygens (including phenoxy) is 1. The van der Waals surface area contributed by atoms with Gasteiger partial charge in [0.05, 0.1) is 7.11 Å². The predicted octanol–water partition coefficient (Wildman–Crippen LogP) is 2.76. The number of carbonyl (C=O) groups excluding carboxylic acids is 1. The van der Waals surface area contributed by atoms with Crippen molar-refractivity contribution in [2.75, 3.05) is 20.2 Å². The van der Waals surface area contributed by atoms with E-state index in [1.807, 2.05) is 18.2 Å². The molecule has 98 valence electrons. The van der Waals surface area contributed by atoms with Crippen LogP contribution in [-0.2, 0) is 11.3 Å². The SMILES string of the molecule is COc1ccc(Cl)cc1CN1CCCC(C=O)C1. The van der Waals surface area contributed by atoms with Gasteiger partial charge in [0.15, 0.2) is 0 Å². The number of halogens is 1. The third kappa shape index (κ3) is 3.24. The topological polar surface area (TPSA) is 29.5 Å². The maximum absolute atomic E-state index is 10.9. The monoisotopic (exact) mass is 267 g/mol. The van der Waals surface area contributed by atoms with E-state index in [-0.39, 0.29) is 5.92 Å². The normalized spacial score (nSPS) is 20.7. The van der Waals surface area contributed by atoms with Gasteiger partial charge >= 0.3 is 0 Å². The number of piperidine rings is 1. The Hall–Kier alpha value is -1.06. The Morgan fingerprint density at radius 2 is 2.39 bits per heavy atom. The molecule has 0 spiro atoms. The number of hydrogen-bond acceptors (Lipinski definition) is 3. The number of likely N-dealkylation sites (tertiary alicyclic amines) is 1. The van der Waals surface area contributed by atoms with Gasteiger partial charge in [-0.05, 0) is 37.6 Å². The van der Waals surface area contributed by atoms with Gasteiger partial charge < -0.3 is 9.53 Å². The smallest absolute Gasteiger partial charge is 0.124 e. The first-order valence-corrected chi connectivity index (χ1v) is 6.61. The van der Waals surface area contributed by atoms with E-state index < -0.39 is 0 Å². The van der Waals surface area contributed by atoms with Crippen LogP contribution in [0.3, 0.4) is 0 Å². The molecule has 1 saturated heterocycles. The van der Waals surface area contributed by atoms with Gasteiger partial charge in [-0.2, -0.15) is 0 Å². The molecule has 0 aromatic heterocycles. The molecule has 0 radical (unpaired) electrons. The highest BCUT2D eigenvalue weighted by atomic mass is 35.5. The zero-order valence-corrected chi connectivity index (χ0v) is 11.3. The number of aldehydes is 1. The van der Waals surface area contributed by atoms with Crippen LogP contribution in [0, 0.1) is 5.92 Å². The van der Waals surface area contributed by atoms with Gasteiger partial charge in [0.25, 0.3) is 0 Å². The summed E-state index contributed by atoms with van der Waals surface area (Å²) in [6.45, 7) is 2.65. The largest absolute Gasteiger partial charge is 0.496 e. The molecule has 1 aromatic carbocycles. The molecule has 1 aromatic rings. The molecule has 0 aliphatic carbocycles. The Labute approximate surface area is 113 Å². The van der Waals surface area contributed by atoms with Gasteiger partial charge in [0, 0.05) is 29.6 Å². The standard InChI is InChI=1S/C14H18ClNO2/c1-18-14-5-4-13(15)7-12(14)9-16-6-2-3-11(8-16)10-17/h4-5,7,10-11H,2-3,6,8-9H2,1H3. The lowest BCUT2D eigenvalue weighted by molar-refractivity contribution is -0.112. The summed E-state index contributed by atoms with van der Waals surface area (Å²) < 4.78 is 5.34. The fourth-order valence-electron chi connectivity index (χ4n) is 2.46. The van der Waals surface area contributed by atoms with Crippen molar-refractivity contribution in [2.24, 2.45) is 5.92 Å². The Morgan fingerprint density at radius 3 is 3.11 bits per heavy atom. The minimum atomic E-state index is 0.170. The predicted molar refractivity (Wildman–Crippen MR) is 72.1 cm³/mol. The van der Waals surface area contributed by atoms with Crippen molar-refractivity contribution in [1.82, 2.24) is 4.90 Å². The summed E-state index contributed by atoms with van der Waals surface area (Å²) in [4.78, 5) is 13.2. The quantitative estimate of drug-likeness (QED) is 0.786. The molecule has 0 saturated carbocycles. The Bertz CT molecular complexity index is 422. The summed E-state index contributed by atoms with van der Waals surface area (Å²) in [5, 5.41) is 0.717. The van der Waals surface area contributed by atoms with Gasteiger partial charge in [-0.3, -0.25) is 4.90 Å². The molecular formula is C14H18ClNO2. The molecule has 0 bridgehead atoms. The lowest BCUT2D eigenvalue weighted by Gasteiger charge is -2.30. The maximum Gasteiger partial charge on any atom is 0.124 e. The van der Waals surface area contributed by atoms with E-state index in [2.05, 4.69) is 4.90 Å². The fraction of sp³-hybridized carbons (Fsp3) is 0.500. The third-order valence-corrected chi connectivity index (χ3v) is 3.61. The van der Waals surface area contributed by atoms with Crippen LogP contribution in [-0.4, -0.2) is 31.4 Å². The van der Waals surface area contributed by atoms with E-state index in [1.165, 1.54) is 0 Å². The average Bonchev–Trinajstić information content (AvgIpc) is 2.39. The van der Waals surface area contributed by atoms with Crippen molar-refractivity contribution in [3.8, 4) is 5.75 Å². The van der Waals surface area contributed by atoms with Crippen molar-refractivity contribution < 1.29 is 9.53 Å². The van der Waals surface area contributed by atoms with E-state index in [9.17, 15) is 4.79 Å². The first-order chi connectivity index (χ1) is 8.72. The lowest BCUT2D eigenvalue weighted by atomic mass is 9.99. The molecule has 1 aliphatic heterocycles. The van der Waals surface area contributed by atoms with E-state index in [0.717, 1.165) is 55.1 Å². The number of benzene rings is 1.